The van der Waals surface area contributed by atoms with Crippen LogP contribution in [0.5, 0.6) is 0 Å². The van der Waals surface area contributed by atoms with Crippen molar-refractivity contribution in [2.75, 3.05) is 5.32 Å². The highest BCUT2D eigenvalue weighted by Crippen LogP contribution is 2.23. The molecule has 3 nitrogen and oxygen atoms in total. The molecule has 0 heterocycles. The number of carbonyl (C=O) groups excluding carboxylic acids is 1. The fourth-order valence-corrected chi connectivity index (χ4v) is 2.75. The highest BCUT2D eigenvalue weighted by molar-refractivity contribution is 14.1. The number of nitrogens with one attached hydrogen (secondary N) is 1. The summed E-state index contributed by atoms with van der Waals surface area (Å²) >= 11 is 8.01. The Morgan fingerprint density at radius 2 is 2.05 bits per heavy atom. The van der Waals surface area contributed by atoms with Crippen molar-refractivity contribution in [2.24, 2.45) is 5.73 Å². The molecule has 3 N–H and O–H groups in total. The van der Waals surface area contributed by atoms with Crippen LogP contribution in [0.1, 0.15) is 15.9 Å². The third-order valence-corrected chi connectivity index (χ3v) is 3.86. The zero-order valence-electron chi connectivity index (χ0n) is 10.3. The van der Waals surface area contributed by atoms with Gasteiger partial charge in [-0.1, -0.05) is 11.6 Å². The van der Waals surface area contributed by atoms with E-state index in [0.717, 1.165) is 9.26 Å². The zero-order valence-corrected chi connectivity index (χ0v) is 13.2. The average molecular weight is 405 g/mol. The molecule has 0 fully saturated rings. The van der Waals surface area contributed by atoms with Gasteiger partial charge in [-0.3, -0.25) is 4.79 Å². The van der Waals surface area contributed by atoms with E-state index in [-0.39, 0.29) is 17.9 Å². The van der Waals surface area contributed by atoms with Gasteiger partial charge in [0.05, 0.1) is 0 Å². The number of nitrogens with two attached hydrogens (primary N) is 1. The molecule has 0 saturated carbocycles. The first-order valence-corrected chi connectivity index (χ1v) is 7.20. The second-order valence-corrected chi connectivity index (χ2v) is 5.75. The largest absolute Gasteiger partial charge is 0.380 e. The minimum Gasteiger partial charge on any atom is -0.380 e. The molecule has 6 heteroatoms. The monoisotopic (exact) mass is 404 g/mol. The Morgan fingerprint density at radius 1 is 1.30 bits per heavy atom. The van der Waals surface area contributed by atoms with Gasteiger partial charge in [0, 0.05) is 32.0 Å². The maximum absolute atomic E-state index is 13.7. The van der Waals surface area contributed by atoms with E-state index in [1.165, 1.54) is 18.2 Å². The van der Waals surface area contributed by atoms with Crippen LogP contribution >= 0.6 is 34.2 Å². The predicted molar refractivity (Wildman–Crippen MR) is 86.4 cm³/mol. The second kappa shape index (κ2) is 6.41. The van der Waals surface area contributed by atoms with Crippen LogP contribution in [-0.4, -0.2) is 5.91 Å². The van der Waals surface area contributed by atoms with Crippen LogP contribution in [0.15, 0.2) is 36.4 Å². The van der Waals surface area contributed by atoms with Gasteiger partial charge in [0.15, 0.2) is 0 Å². The Labute approximate surface area is 134 Å². The Hall–Kier alpha value is -1.34. The van der Waals surface area contributed by atoms with Gasteiger partial charge in [0.2, 0.25) is 5.91 Å². The zero-order chi connectivity index (χ0) is 14.7. The molecule has 2 aromatic rings. The lowest BCUT2D eigenvalue weighted by Crippen LogP contribution is -2.12. The van der Waals surface area contributed by atoms with Gasteiger partial charge < -0.3 is 11.1 Å². The summed E-state index contributed by atoms with van der Waals surface area (Å²) in [4.78, 5) is 11.1. The molecule has 0 aliphatic carbocycles. The lowest BCUT2D eigenvalue weighted by atomic mass is 10.1. The molecule has 0 aliphatic heterocycles. The number of halogens is 3. The maximum atomic E-state index is 13.7. The second-order valence-electron chi connectivity index (χ2n) is 4.15. The first-order valence-electron chi connectivity index (χ1n) is 5.74. The van der Waals surface area contributed by atoms with Gasteiger partial charge in [0.25, 0.3) is 0 Å². The number of amides is 1. The standard InChI is InChI=1S/C14H11ClFIN2O/c15-10-2-4-13(12(17)6-10)19-7-9-5-8(14(18)20)1-3-11(9)16/h1-6,19H,7H2,(H2,18,20). The van der Waals surface area contributed by atoms with Crippen molar-refractivity contribution in [3.63, 3.8) is 0 Å². The molecule has 0 atom stereocenters. The van der Waals surface area contributed by atoms with Crippen LogP contribution in [-0.2, 0) is 6.54 Å². The minimum absolute atomic E-state index is 0.255. The number of anilines is 1. The molecule has 0 aliphatic rings. The average Bonchev–Trinajstić information content (AvgIpc) is 2.39. The number of benzene rings is 2. The molecule has 0 unspecified atom stereocenters. The Balaban J connectivity index is 2.18. The Kier molecular flexibility index (Phi) is 4.82. The van der Waals surface area contributed by atoms with Crippen LogP contribution < -0.4 is 11.1 Å². The van der Waals surface area contributed by atoms with E-state index in [9.17, 15) is 9.18 Å². The topological polar surface area (TPSA) is 55.1 Å². The first kappa shape index (κ1) is 15.1. The van der Waals surface area contributed by atoms with E-state index in [4.69, 9.17) is 17.3 Å². The van der Waals surface area contributed by atoms with E-state index in [1.54, 1.807) is 12.1 Å². The smallest absolute Gasteiger partial charge is 0.248 e. The van der Waals surface area contributed by atoms with Gasteiger partial charge in [0.1, 0.15) is 5.82 Å². The highest BCUT2D eigenvalue weighted by atomic mass is 127. The molecule has 0 saturated heterocycles. The number of rotatable bonds is 4. The number of hydrogen-bond donors (Lipinski definition) is 2. The van der Waals surface area contributed by atoms with Gasteiger partial charge in [-0.05, 0) is 59.0 Å². The Morgan fingerprint density at radius 3 is 2.70 bits per heavy atom. The molecule has 0 spiro atoms. The van der Waals surface area contributed by atoms with Gasteiger partial charge >= 0.3 is 0 Å². The molecule has 0 radical (unpaired) electrons. The van der Waals surface area contributed by atoms with E-state index >= 15 is 0 Å². The summed E-state index contributed by atoms with van der Waals surface area (Å²) in [5.41, 5.74) is 6.70. The van der Waals surface area contributed by atoms with Crippen molar-refractivity contribution in [3.8, 4) is 0 Å². The van der Waals surface area contributed by atoms with E-state index < -0.39 is 5.91 Å². The normalized spacial score (nSPS) is 10.3. The highest BCUT2D eigenvalue weighted by Gasteiger charge is 2.08. The van der Waals surface area contributed by atoms with E-state index in [2.05, 4.69) is 27.9 Å². The summed E-state index contributed by atoms with van der Waals surface area (Å²) in [6.07, 6.45) is 0. The van der Waals surface area contributed by atoms with Crippen LogP contribution in [0.4, 0.5) is 10.1 Å². The van der Waals surface area contributed by atoms with Crippen molar-refractivity contribution in [3.05, 3.63) is 61.9 Å². The van der Waals surface area contributed by atoms with Crippen molar-refractivity contribution in [2.45, 2.75) is 6.54 Å². The molecule has 1 amide bonds. The molecule has 2 rings (SSSR count). The van der Waals surface area contributed by atoms with E-state index in [1.807, 2.05) is 6.07 Å². The van der Waals surface area contributed by atoms with Crippen molar-refractivity contribution in [1.82, 2.24) is 0 Å². The summed E-state index contributed by atoms with van der Waals surface area (Å²) in [5.74, 6) is -0.959. The SMILES string of the molecule is NC(=O)c1ccc(F)c(CNc2ccc(Cl)cc2I)c1. The quantitative estimate of drug-likeness (QED) is 0.762. The molecular weight excluding hydrogens is 394 g/mol. The number of carbonyl (C=O) groups is 1. The minimum atomic E-state index is -0.577. The van der Waals surface area contributed by atoms with Crippen LogP contribution in [0.2, 0.25) is 5.02 Å². The van der Waals surface area contributed by atoms with Gasteiger partial charge in [-0.25, -0.2) is 4.39 Å². The summed E-state index contributed by atoms with van der Waals surface area (Å²) in [5, 5.41) is 3.75. The molecular formula is C14H11ClFIN2O. The molecule has 20 heavy (non-hydrogen) atoms. The third kappa shape index (κ3) is 3.61. The number of hydrogen-bond acceptors (Lipinski definition) is 2. The first-order chi connectivity index (χ1) is 9.47. The van der Waals surface area contributed by atoms with Gasteiger partial charge in [-0.15, -0.1) is 0 Å². The summed E-state index contributed by atoms with van der Waals surface area (Å²) in [6.45, 7) is 0.255. The summed E-state index contributed by atoms with van der Waals surface area (Å²) < 4.78 is 14.6. The Bertz CT molecular complexity index is 664. The van der Waals surface area contributed by atoms with Crippen molar-refractivity contribution in [1.29, 1.82) is 0 Å². The van der Waals surface area contributed by atoms with Crippen LogP contribution in [0.3, 0.4) is 0 Å². The van der Waals surface area contributed by atoms with Gasteiger partial charge in [-0.2, -0.15) is 0 Å². The number of primary amides is 1. The molecule has 0 bridgehead atoms. The summed E-state index contributed by atoms with van der Waals surface area (Å²) in [6, 6.07) is 9.44. The van der Waals surface area contributed by atoms with Crippen LogP contribution in [0.25, 0.3) is 0 Å². The fraction of sp³-hybridized carbons (Fsp3) is 0.0714. The molecule has 2 aromatic carbocycles. The molecule has 0 aromatic heterocycles. The lowest BCUT2D eigenvalue weighted by molar-refractivity contribution is 0.1000. The molecule has 104 valence electrons. The van der Waals surface area contributed by atoms with E-state index in [0.29, 0.717) is 10.6 Å². The van der Waals surface area contributed by atoms with Crippen molar-refractivity contribution < 1.29 is 9.18 Å². The summed E-state index contributed by atoms with van der Waals surface area (Å²) in [7, 11) is 0. The third-order valence-electron chi connectivity index (χ3n) is 2.73. The predicted octanol–water partition coefficient (Wildman–Crippen LogP) is 3.79. The fourth-order valence-electron chi connectivity index (χ4n) is 1.69. The van der Waals surface area contributed by atoms with Crippen molar-refractivity contribution >= 4 is 45.8 Å². The lowest BCUT2D eigenvalue weighted by Gasteiger charge is -2.10. The maximum Gasteiger partial charge on any atom is 0.248 e. The van der Waals surface area contributed by atoms with Crippen LogP contribution in [0, 0.1) is 9.39 Å².